The van der Waals surface area contributed by atoms with Crippen molar-refractivity contribution in [2.24, 2.45) is 4.99 Å². The summed E-state index contributed by atoms with van der Waals surface area (Å²) in [4.78, 5) is 18.3. The molecule has 9 heteroatoms. The molecule has 1 fully saturated rings. The molecule has 29 heavy (non-hydrogen) atoms. The zero-order valence-corrected chi connectivity index (χ0v) is 19.1. The fraction of sp³-hybridized carbons (Fsp3) is 0.600. The van der Waals surface area contributed by atoms with Gasteiger partial charge in [-0.1, -0.05) is 18.6 Å². The normalized spacial score (nSPS) is 15.5. The molecule has 164 valence electrons. The number of benzene rings is 1. The number of carbonyl (C=O) groups excluding carboxylic acids is 1. The van der Waals surface area contributed by atoms with Crippen molar-refractivity contribution in [3.8, 4) is 0 Å². The number of amides is 1. The van der Waals surface area contributed by atoms with Crippen LogP contribution in [-0.2, 0) is 17.5 Å². The van der Waals surface area contributed by atoms with Gasteiger partial charge in [-0.2, -0.15) is 13.2 Å². The molecule has 1 aromatic rings. The first-order valence-electron chi connectivity index (χ1n) is 9.86. The van der Waals surface area contributed by atoms with Gasteiger partial charge >= 0.3 is 6.18 Å². The van der Waals surface area contributed by atoms with Crippen molar-refractivity contribution in [1.82, 2.24) is 15.5 Å². The van der Waals surface area contributed by atoms with Gasteiger partial charge in [-0.05, 0) is 43.9 Å². The zero-order valence-electron chi connectivity index (χ0n) is 16.7. The molecular formula is C20H30F3IN4O. The van der Waals surface area contributed by atoms with Crippen molar-refractivity contribution < 1.29 is 18.0 Å². The summed E-state index contributed by atoms with van der Waals surface area (Å²) < 4.78 is 37.8. The number of aliphatic imine (C=N–C) groups is 1. The van der Waals surface area contributed by atoms with Gasteiger partial charge in [-0.15, -0.1) is 24.0 Å². The van der Waals surface area contributed by atoms with E-state index in [1.807, 2.05) is 11.8 Å². The van der Waals surface area contributed by atoms with E-state index in [1.54, 1.807) is 0 Å². The summed E-state index contributed by atoms with van der Waals surface area (Å²) in [7, 11) is 0. The van der Waals surface area contributed by atoms with Gasteiger partial charge in [-0.25, -0.2) is 4.99 Å². The van der Waals surface area contributed by atoms with Gasteiger partial charge in [0.05, 0.1) is 12.1 Å². The molecule has 0 unspecified atom stereocenters. The fourth-order valence-corrected chi connectivity index (χ4v) is 3.06. The van der Waals surface area contributed by atoms with Crippen LogP contribution >= 0.6 is 24.0 Å². The highest BCUT2D eigenvalue weighted by Gasteiger charge is 2.29. The summed E-state index contributed by atoms with van der Waals surface area (Å²) in [5, 5.41) is 6.34. The van der Waals surface area contributed by atoms with Crippen molar-refractivity contribution in [3.63, 3.8) is 0 Å². The largest absolute Gasteiger partial charge is 0.416 e. The van der Waals surface area contributed by atoms with Crippen LogP contribution < -0.4 is 10.6 Å². The Morgan fingerprint density at radius 3 is 2.52 bits per heavy atom. The highest BCUT2D eigenvalue weighted by molar-refractivity contribution is 14.0. The monoisotopic (exact) mass is 526 g/mol. The quantitative estimate of drug-likeness (QED) is 0.243. The predicted octanol–water partition coefficient (Wildman–Crippen LogP) is 4.17. The van der Waals surface area contributed by atoms with Crippen LogP contribution in [0.5, 0.6) is 0 Å². The van der Waals surface area contributed by atoms with Crippen LogP contribution in [0.2, 0.25) is 0 Å². The van der Waals surface area contributed by atoms with E-state index in [1.165, 1.54) is 12.1 Å². The molecule has 0 bridgehead atoms. The number of alkyl halides is 3. The SMILES string of the molecule is CCNC(=NCc1ccc(C(F)(F)F)cc1)NCCCN1CCCCCC1=O.I. The summed E-state index contributed by atoms with van der Waals surface area (Å²) >= 11 is 0. The van der Waals surface area contributed by atoms with Crippen molar-refractivity contribution in [3.05, 3.63) is 35.4 Å². The molecule has 1 amide bonds. The van der Waals surface area contributed by atoms with E-state index in [4.69, 9.17) is 0 Å². The summed E-state index contributed by atoms with van der Waals surface area (Å²) in [6, 6.07) is 5.04. The van der Waals surface area contributed by atoms with Crippen LogP contribution in [-0.4, -0.2) is 42.9 Å². The maximum absolute atomic E-state index is 12.6. The van der Waals surface area contributed by atoms with Gasteiger partial charge in [0, 0.05) is 32.6 Å². The average molecular weight is 526 g/mol. The van der Waals surface area contributed by atoms with Gasteiger partial charge in [0.1, 0.15) is 0 Å². The summed E-state index contributed by atoms with van der Waals surface area (Å²) in [6.45, 7) is 5.15. The zero-order chi connectivity index (χ0) is 20.4. The minimum absolute atomic E-state index is 0. The highest BCUT2D eigenvalue weighted by Crippen LogP contribution is 2.29. The third-order valence-electron chi connectivity index (χ3n) is 4.61. The first kappa shape index (κ1) is 25.5. The summed E-state index contributed by atoms with van der Waals surface area (Å²) in [5.74, 6) is 0.852. The average Bonchev–Trinajstić information content (AvgIpc) is 2.87. The van der Waals surface area contributed by atoms with Crippen molar-refractivity contribution >= 4 is 35.8 Å². The number of likely N-dealkylation sites (tertiary alicyclic amines) is 1. The van der Waals surface area contributed by atoms with Gasteiger partial charge in [0.25, 0.3) is 0 Å². The van der Waals surface area contributed by atoms with E-state index in [0.717, 1.165) is 50.9 Å². The Hall–Kier alpha value is -1.52. The van der Waals surface area contributed by atoms with Crippen LogP contribution in [0.3, 0.4) is 0 Å². The highest BCUT2D eigenvalue weighted by atomic mass is 127. The number of hydrogen-bond acceptors (Lipinski definition) is 2. The number of halogens is 4. The minimum Gasteiger partial charge on any atom is -0.357 e. The van der Waals surface area contributed by atoms with E-state index in [2.05, 4.69) is 15.6 Å². The molecule has 0 aromatic heterocycles. The maximum atomic E-state index is 12.6. The number of carbonyl (C=O) groups is 1. The second kappa shape index (κ2) is 12.9. The standard InChI is InChI=1S/C20H29F3N4O.HI/c1-2-24-19(25-12-6-14-27-13-5-3-4-7-18(27)28)26-15-16-8-10-17(11-9-16)20(21,22)23;/h8-11H,2-7,12-15H2,1H3,(H2,24,25,26);1H. The van der Waals surface area contributed by atoms with Crippen molar-refractivity contribution in [2.75, 3.05) is 26.2 Å². The molecular weight excluding hydrogens is 496 g/mol. The summed E-state index contributed by atoms with van der Waals surface area (Å²) in [5.41, 5.74) is 0.0497. The lowest BCUT2D eigenvalue weighted by atomic mass is 10.1. The Labute approximate surface area is 187 Å². The van der Waals surface area contributed by atoms with E-state index in [-0.39, 0.29) is 36.4 Å². The van der Waals surface area contributed by atoms with E-state index < -0.39 is 11.7 Å². The van der Waals surface area contributed by atoms with Crippen LogP contribution in [0.1, 0.15) is 50.2 Å². The van der Waals surface area contributed by atoms with Gasteiger partial charge in [0.15, 0.2) is 5.96 Å². The molecule has 0 atom stereocenters. The first-order chi connectivity index (χ1) is 13.4. The molecule has 1 aliphatic heterocycles. The Bertz CT molecular complexity index is 650. The predicted molar refractivity (Wildman–Crippen MR) is 119 cm³/mol. The third-order valence-corrected chi connectivity index (χ3v) is 4.61. The van der Waals surface area contributed by atoms with Crippen LogP contribution in [0.25, 0.3) is 0 Å². The van der Waals surface area contributed by atoms with Crippen LogP contribution in [0, 0.1) is 0 Å². The molecule has 2 N–H and O–H groups in total. The summed E-state index contributed by atoms with van der Waals surface area (Å²) in [6.07, 6.45) is 0.293. The molecule has 0 aliphatic carbocycles. The minimum atomic E-state index is -4.33. The molecule has 2 rings (SSSR count). The second-order valence-corrected chi connectivity index (χ2v) is 6.86. The molecule has 0 spiro atoms. The Morgan fingerprint density at radius 1 is 1.14 bits per heavy atom. The van der Waals surface area contributed by atoms with Crippen molar-refractivity contribution in [2.45, 2.75) is 51.7 Å². The van der Waals surface area contributed by atoms with E-state index >= 15 is 0 Å². The van der Waals surface area contributed by atoms with E-state index in [9.17, 15) is 18.0 Å². The molecule has 1 heterocycles. The van der Waals surface area contributed by atoms with Crippen molar-refractivity contribution in [1.29, 1.82) is 0 Å². The molecule has 0 saturated carbocycles. The van der Waals surface area contributed by atoms with Crippen LogP contribution in [0.15, 0.2) is 29.3 Å². The van der Waals surface area contributed by atoms with E-state index in [0.29, 0.717) is 31.0 Å². The Morgan fingerprint density at radius 2 is 1.86 bits per heavy atom. The lowest BCUT2D eigenvalue weighted by Crippen LogP contribution is -2.39. The second-order valence-electron chi connectivity index (χ2n) is 6.86. The third kappa shape index (κ3) is 9.22. The molecule has 0 radical (unpaired) electrons. The number of rotatable bonds is 7. The lowest BCUT2D eigenvalue weighted by molar-refractivity contribution is -0.137. The van der Waals surface area contributed by atoms with Gasteiger partial charge in [0.2, 0.25) is 5.91 Å². The number of nitrogens with one attached hydrogen (secondary N) is 2. The number of hydrogen-bond donors (Lipinski definition) is 2. The smallest absolute Gasteiger partial charge is 0.357 e. The van der Waals surface area contributed by atoms with Gasteiger partial charge in [-0.3, -0.25) is 4.79 Å². The number of nitrogens with zero attached hydrogens (tertiary/aromatic N) is 2. The van der Waals surface area contributed by atoms with Gasteiger partial charge < -0.3 is 15.5 Å². The molecule has 5 nitrogen and oxygen atoms in total. The number of guanidine groups is 1. The topological polar surface area (TPSA) is 56.7 Å². The first-order valence-corrected chi connectivity index (χ1v) is 9.86. The lowest BCUT2D eigenvalue weighted by Gasteiger charge is -2.20. The maximum Gasteiger partial charge on any atom is 0.416 e. The molecule has 1 aliphatic rings. The Balaban J connectivity index is 0.00000420. The fourth-order valence-electron chi connectivity index (χ4n) is 3.06. The van der Waals surface area contributed by atoms with Crippen LogP contribution in [0.4, 0.5) is 13.2 Å². The molecule has 1 aromatic carbocycles. The molecule has 1 saturated heterocycles. The Kier molecular flexibility index (Phi) is 11.4.